The van der Waals surface area contributed by atoms with Gasteiger partial charge in [-0.1, -0.05) is 23.7 Å². The molecule has 0 aromatic heterocycles. The maximum Gasteiger partial charge on any atom is 0.336 e. The van der Waals surface area contributed by atoms with Crippen molar-refractivity contribution in [1.29, 1.82) is 0 Å². The minimum atomic E-state index is -1.17. The van der Waals surface area contributed by atoms with Crippen molar-refractivity contribution in [2.24, 2.45) is 0 Å². The smallest absolute Gasteiger partial charge is 0.336 e. The van der Waals surface area contributed by atoms with E-state index in [0.29, 0.717) is 22.6 Å². The predicted octanol–water partition coefficient (Wildman–Crippen LogP) is 3.60. The lowest BCUT2D eigenvalue weighted by atomic mass is 10.0. The summed E-state index contributed by atoms with van der Waals surface area (Å²) in [4.78, 5) is 21.9. The molecule has 0 atom stereocenters. The minimum absolute atomic E-state index is 0.0166. The first kappa shape index (κ1) is 15.8. The average Bonchev–Trinajstić information content (AvgIpc) is 3.00. The molecule has 0 unspecified atom stereocenters. The second-order valence-electron chi connectivity index (χ2n) is 4.90. The third kappa shape index (κ3) is 3.02. The quantitative estimate of drug-likeness (QED) is 0.392. The maximum absolute atomic E-state index is 11.6. The van der Waals surface area contributed by atoms with Crippen LogP contribution < -0.4 is 9.47 Å². The summed E-state index contributed by atoms with van der Waals surface area (Å²) in [6.07, 6.45) is 1.34. The number of carbonyl (C=O) groups is 1. The number of aliphatic carboxylic acids is 1. The number of ether oxygens (including phenoxy) is 2. The molecule has 0 aliphatic carbocycles. The Hall–Kier alpha value is -3.06. The SMILES string of the molecule is O=C(O)/C(=C\c1ccc(Cl)c([N+](=O)[O-])c1)c1ccc2c(c1)OCO2. The molecule has 1 heterocycles. The zero-order valence-corrected chi connectivity index (χ0v) is 12.8. The number of rotatable bonds is 4. The predicted molar refractivity (Wildman–Crippen MR) is 86.2 cm³/mol. The van der Waals surface area contributed by atoms with Gasteiger partial charge in [0.15, 0.2) is 11.5 Å². The lowest BCUT2D eigenvalue weighted by Crippen LogP contribution is -2.00. The zero-order chi connectivity index (χ0) is 17.3. The lowest BCUT2D eigenvalue weighted by molar-refractivity contribution is -0.384. The van der Waals surface area contributed by atoms with Gasteiger partial charge < -0.3 is 14.6 Å². The molecule has 0 saturated heterocycles. The first-order valence-corrected chi connectivity index (χ1v) is 7.12. The van der Waals surface area contributed by atoms with Crippen molar-refractivity contribution in [2.75, 3.05) is 6.79 Å². The highest BCUT2D eigenvalue weighted by Gasteiger charge is 2.18. The second kappa shape index (κ2) is 6.21. The molecule has 2 aromatic carbocycles. The highest BCUT2D eigenvalue weighted by atomic mass is 35.5. The monoisotopic (exact) mass is 347 g/mol. The van der Waals surface area contributed by atoms with E-state index in [4.69, 9.17) is 21.1 Å². The standard InChI is InChI=1S/C16H10ClNO6/c17-12-3-1-9(6-13(12)18(21)22)5-11(16(19)20)10-2-4-14-15(7-10)24-8-23-14/h1-7H,8H2,(H,19,20)/b11-5-. The molecule has 0 bridgehead atoms. The van der Waals surface area contributed by atoms with E-state index in [-0.39, 0.29) is 23.1 Å². The zero-order valence-electron chi connectivity index (χ0n) is 12.1. The Morgan fingerprint density at radius 1 is 1.21 bits per heavy atom. The summed E-state index contributed by atoms with van der Waals surface area (Å²) in [5, 5.41) is 20.4. The van der Waals surface area contributed by atoms with Crippen LogP contribution in [0.15, 0.2) is 36.4 Å². The summed E-state index contributed by atoms with van der Waals surface area (Å²) in [6, 6.07) is 8.82. The summed E-state index contributed by atoms with van der Waals surface area (Å²) in [5.74, 6) is -0.196. The van der Waals surface area contributed by atoms with E-state index in [9.17, 15) is 20.0 Å². The van der Waals surface area contributed by atoms with Crippen LogP contribution in [0, 0.1) is 10.1 Å². The molecule has 1 aliphatic rings. The molecule has 1 N–H and O–H groups in total. The summed E-state index contributed by atoms with van der Waals surface area (Å²) in [5.41, 5.74) is 0.413. The van der Waals surface area contributed by atoms with Crippen LogP contribution in [0.1, 0.15) is 11.1 Å². The fourth-order valence-electron chi connectivity index (χ4n) is 2.26. The number of nitro benzene ring substituents is 1. The van der Waals surface area contributed by atoms with E-state index >= 15 is 0 Å². The van der Waals surface area contributed by atoms with Crippen molar-refractivity contribution in [3.8, 4) is 11.5 Å². The van der Waals surface area contributed by atoms with Gasteiger partial charge in [-0.25, -0.2) is 4.79 Å². The second-order valence-corrected chi connectivity index (χ2v) is 5.31. The number of halogens is 1. The van der Waals surface area contributed by atoms with Crippen LogP contribution in [-0.2, 0) is 4.79 Å². The normalized spacial score (nSPS) is 13.0. The molecule has 0 radical (unpaired) electrons. The Kier molecular flexibility index (Phi) is 4.09. The third-order valence-corrected chi connectivity index (χ3v) is 3.71. The minimum Gasteiger partial charge on any atom is -0.478 e. The Labute approximate surface area is 140 Å². The van der Waals surface area contributed by atoms with Crippen molar-refractivity contribution in [3.63, 3.8) is 0 Å². The summed E-state index contributed by atoms with van der Waals surface area (Å²) < 4.78 is 10.4. The van der Waals surface area contributed by atoms with Gasteiger partial charge in [0.05, 0.1) is 10.5 Å². The Balaban J connectivity index is 2.06. The number of benzene rings is 2. The number of nitro groups is 1. The van der Waals surface area contributed by atoms with Crippen molar-refractivity contribution in [3.05, 3.63) is 62.7 Å². The topological polar surface area (TPSA) is 98.9 Å². The molecular formula is C16H10ClNO6. The summed E-state index contributed by atoms with van der Waals surface area (Å²) >= 11 is 5.76. The summed E-state index contributed by atoms with van der Waals surface area (Å²) in [7, 11) is 0. The van der Waals surface area contributed by atoms with Gasteiger partial charge in [0.1, 0.15) is 5.02 Å². The van der Waals surface area contributed by atoms with Crippen molar-refractivity contribution < 1.29 is 24.3 Å². The number of carboxylic acids is 1. The largest absolute Gasteiger partial charge is 0.478 e. The molecule has 0 fully saturated rings. The number of fused-ring (bicyclic) bond motifs is 1. The fraction of sp³-hybridized carbons (Fsp3) is 0.0625. The van der Waals surface area contributed by atoms with E-state index in [2.05, 4.69) is 0 Å². The van der Waals surface area contributed by atoms with Crippen LogP contribution in [0.25, 0.3) is 11.6 Å². The van der Waals surface area contributed by atoms with E-state index in [1.54, 1.807) is 18.2 Å². The van der Waals surface area contributed by atoms with E-state index < -0.39 is 10.9 Å². The molecule has 24 heavy (non-hydrogen) atoms. The van der Waals surface area contributed by atoms with Gasteiger partial charge in [0, 0.05) is 6.07 Å². The Morgan fingerprint density at radius 2 is 1.96 bits per heavy atom. The van der Waals surface area contributed by atoms with Gasteiger partial charge in [-0.3, -0.25) is 10.1 Å². The van der Waals surface area contributed by atoms with E-state index in [1.165, 1.54) is 24.3 Å². The van der Waals surface area contributed by atoms with Gasteiger partial charge in [-0.15, -0.1) is 0 Å². The van der Waals surface area contributed by atoms with Gasteiger partial charge in [-0.05, 0) is 35.4 Å². The van der Waals surface area contributed by atoms with Crippen molar-refractivity contribution in [1.82, 2.24) is 0 Å². The Morgan fingerprint density at radius 3 is 2.67 bits per heavy atom. The highest BCUT2D eigenvalue weighted by molar-refractivity contribution is 6.32. The van der Waals surface area contributed by atoms with Crippen molar-refractivity contribution >= 4 is 34.9 Å². The maximum atomic E-state index is 11.6. The lowest BCUT2D eigenvalue weighted by Gasteiger charge is -2.05. The van der Waals surface area contributed by atoms with Gasteiger partial charge in [-0.2, -0.15) is 0 Å². The van der Waals surface area contributed by atoms with Crippen LogP contribution in [-0.4, -0.2) is 22.8 Å². The molecule has 3 rings (SSSR count). The Bertz CT molecular complexity index is 877. The van der Waals surface area contributed by atoms with Crippen LogP contribution in [0.3, 0.4) is 0 Å². The van der Waals surface area contributed by atoms with Crippen LogP contribution >= 0.6 is 11.6 Å². The van der Waals surface area contributed by atoms with E-state index in [0.717, 1.165) is 0 Å². The van der Waals surface area contributed by atoms with Crippen LogP contribution in [0.2, 0.25) is 5.02 Å². The molecule has 8 heteroatoms. The number of nitrogens with zero attached hydrogens (tertiary/aromatic N) is 1. The highest BCUT2D eigenvalue weighted by Crippen LogP contribution is 2.35. The van der Waals surface area contributed by atoms with Gasteiger partial charge in [0.25, 0.3) is 5.69 Å². The first-order chi connectivity index (χ1) is 11.5. The molecule has 0 saturated carbocycles. The van der Waals surface area contributed by atoms with Gasteiger partial charge >= 0.3 is 5.97 Å². The molecule has 2 aromatic rings. The number of hydrogen-bond donors (Lipinski definition) is 1. The van der Waals surface area contributed by atoms with Crippen molar-refractivity contribution in [2.45, 2.75) is 0 Å². The third-order valence-electron chi connectivity index (χ3n) is 3.39. The molecule has 7 nitrogen and oxygen atoms in total. The number of carboxylic acid groups (broad SMARTS) is 1. The van der Waals surface area contributed by atoms with Crippen LogP contribution in [0.5, 0.6) is 11.5 Å². The molecule has 0 amide bonds. The average molecular weight is 348 g/mol. The number of hydrogen-bond acceptors (Lipinski definition) is 5. The molecular weight excluding hydrogens is 338 g/mol. The molecule has 1 aliphatic heterocycles. The first-order valence-electron chi connectivity index (χ1n) is 6.74. The van der Waals surface area contributed by atoms with Crippen LogP contribution in [0.4, 0.5) is 5.69 Å². The fourth-order valence-corrected chi connectivity index (χ4v) is 2.45. The molecule has 0 spiro atoms. The van der Waals surface area contributed by atoms with Gasteiger partial charge in [0.2, 0.25) is 6.79 Å². The van der Waals surface area contributed by atoms with E-state index in [1.807, 2.05) is 0 Å². The molecule has 122 valence electrons. The summed E-state index contributed by atoms with van der Waals surface area (Å²) in [6.45, 7) is 0.0777.